The molecule has 0 unspecified atom stereocenters. The zero-order valence-electron chi connectivity index (χ0n) is 16.1. The van der Waals surface area contributed by atoms with Gasteiger partial charge in [0.2, 0.25) is 15.9 Å². The van der Waals surface area contributed by atoms with Crippen LogP contribution in [0.25, 0.3) is 0 Å². The molecule has 0 N–H and O–H groups in total. The second-order valence-electron chi connectivity index (χ2n) is 7.24. The predicted octanol–water partition coefficient (Wildman–Crippen LogP) is 0.621. The highest BCUT2D eigenvalue weighted by molar-refractivity contribution is 7.89. The second kappa shape index (κ2) is 8.42. The maximum Gasteiger partial charge on any atom is 0.244 e. The van der Waals surface area contributed by atoms with Crippen molar-refractivity contribution >= 4 is 21.7 Å². The van der Waals surface area contributed by atoms with Crippen LogP contribution in [0.3, 0.4) is 0 Å². The molecule has 0 aliphatic carbocycles. The van der Waals surface area contributed by atoms with Gasteiger partial charge in [0, 0.05) is 70.0 Å². The summed E-state index contributed by atoms with van der Waals surface area (Å²) in [6.45, 7) is 3.44. The van der Waals surface area contributed by atoms with Crippen LogP contribution in [0.15, 0.2) is 48.0 Å². The summed E-state index contributed by atoms with van der Waals surface area (Å²) in [5.41, 5.74) is 0. The van der Waals surface area contributed by atoms with Crippen LogP contribution >= 0.6 is 0 Å². The fraction of sp³-hybridized carbons (Fsp3) is 0.474. The number of hydrogen-bond acceptors (Lipinski definition) is 7. The molecule has 0 atom stereocenters. The van der Waals surface area contributed by atoms with Gasteiger partial charge in [0.25, 0.3) is 0 Å². The fourth-order valence-corrected chi connectivity index (χ4v) is 5.29. The molecule has 0 saturated carbocycles. The molecule has 0 bridgehead atoms. The molecule has 2 saturated heterocycles. The van der Waals surface area contributed by atoms with Gasteiger partial charge in [0.1, 0.15) is 10.7 Å². The van der Waals surface area contributed by atoms with Crippen LogP contribution in [0, 0.1) is 5.92 Å². The molecule has 29 heavy (non-hydrogen) atoms. The lowest BCUT2D eigenvalue weighted by atomic mass is 9.96. The quantitative estimate of drug-likeness (QED) is 0.720. The van der Waals surface area contributed by atoms with Gasteiger partial charge in [0.15, 0.2) is 0 Å². The van der Waals surface area contributed by atoms with Crippen LogP contribution in [-0.2, 0) is 14.8 Å². The first kappa shape index (κ1) is 19.7. The minimum absolute atomic E-state index is 0.126. The standard InChI is InChI=1S/C19H24N6O3S/c26-19(24-12-10-23(11-13-24)18-15-21-6-7-22-18)16-3-8-25(9-4-16)29(27,28)17-2-1-5-20-14-17/h1-2,5-7,14-16H,3-4,8-13H2. The molecule has 1 amide bonds. The summed E-state index contributed by atoms with van der Waals surface area (Å²) in [5, 5.41) is 0. The smallest absolute Gasteiger partial charge is 0.244 e. The van der Waals surface area contributed by atoms with Gasteiger partial charge in [-0.2, -0.15) is 4.31 Å². The number of anilines is 1. The number of piperidine rings is 1. The van der Waals surface area contributed by atoms with Crippen LogP contribution in [0.2, 0.25) is 0 Å². The van der Waals surface area contributed by atoms with Gasteiger partial charge in [-0.15, -0.1) is 0 Å². The molecule has 2 aliphatic heterocycles. The Morgan fingerprint density at radius 1 is 0.931 bits per heavy atom. The third-order valence-electron chi connectivity index (χ3n) is 5.54. The molecule has 2 aromatic rings. The van der Waals surface area contributed by atoms with E-state index in [9.17, 15) is 13.2 Å². The Balaban J connectivity index is 1.31. The summed E-state index contributed by atoms with van der Waals surface area (Å²) in [5.74, 6) is 0.828. The average molecular weight is 417 g/mol. The number of hydrogen-bond donors (Lipinski definition) is 0. The molecule has 9 nitrogen and oxygen atoms in total. The van der Waals surface area contributed by atoms with E-state index in [1.807, 2.05) is 4.90 Å². The van der Waals surface area contributed by atoms with Crippen LogP contribution < -0.4 is 4.90 Å². The third kappa shape index (κ3) is 4.23. The first-order chi connectivity index (χ1) is 14.1. The number of rotatable bonds is 4. The van der Waals surface area contributed by atoms with E-state index in [0.717, 1.165) is 18.9 Å². The first-order valence-corrected chi connectivity index (χ1v) is 11.2. The number of aromatic nitrogens is 3. The first-order valence-electron chi connectivity index (χ1n) is 9.75. The molecular formula is C19H24N6O3S. The van der Waals surface area contributed by atoms with Crippen LogP contribution in [0.5, 0.6) is 0 Å². The zero-order chi connectivity index (χ0) is 20.3. The Bertz CT molecular complexity index is 925. The largest absolute Gasteiger partial charge is 0.352 e. The maximum atomic E-state index is 12.9. The van der Waals surface area contributed by atoms with E-state index in [0.29, 0.717) is 39.0 Å². The minimum atomic E-state index is -3.55. The second-order valence-corrected chi connectivity index (χ2v) is 9.18. The Morgan fingerprint density at radius 3 is 2.28 bits per heavy atom. The normalized spacial score (nSPS) is 19.3. The number of pyridine rings is 1. The van der Waals surface area contributed by atoms with Crippen molar-refractivity contribution in [3.8, 4) is 0 Å². The van der Waals surface area contributed by atoms with E-state index in [2.05, 4.69) is 19.9 Å². The van der Waals surface area contributed by atoms with Crippen LogP contribution in [0.1, 0.15) is 12.8 Å². The third-order valence-corrected chi connectivity index (χ3v) is 7.42. The maximum absolute atomic E-state index is 12.9. The number of sulfonamides is 1. The summed E-state index contributed by atoms with van der Waals surface area (Å²) < 4.78 is 26.9. The topological polar surface area (TPSA) is 99.6 Å². The van der Waals surface area contributed by atoms with Gasteiger partial charge < -0.3 is 9.80 Å². The number of amides is 1. The highest BCUT2D eigenvalue weighted by Gasteiger charge is 2.34. The highest BCUT2D eigenvalue weighted by atomic mass is 32.2. The molecule has 0 aromatic carbocycles. The average Bonchev–Trinajstić information content (AvgIpc) is 2.80. The van der Waals surface area contributed by atoms with Crippen molar-refractivity contribution in [1.82, 2.24) is 24.2 Å². The van der Waals surface area contributed by atoms with Crippen molar-refractivity contribution in [3.05, 3.63) is 43.1 Å². The molecular weight excluding hydrogens is 392 g/mol. The zero-order valence-corrected chi connectivity index (χ0v) is 16.9. The van der Waals surface area contributed by atoms with Crippen molar-refractivity contribution in [2.24, 2.45) is 5.92 Å². The van der Waals surface area contributed by atoms with E-state index < -0.39 is 10.0 Å². The van der Waals surface area contributed by atoms with Gasteiger partial charge in [-0.1, -0.05) is 0 Å². The number of nitrogens with zero attached hydrogens (tertiary/aromatic N) is 6. The fourth-order valence-electron chi connectivity index (χ4n) is 3.86. The summed E-state index contributed by atoms with van der Waals surface area (Å²) in [6.07, 6.45) is 9.04. The Hall–Kier alpha value is -2.59. The van der Waals surface area contributed by atoms with Crippen molar-refractivity contribution in [2.75, 3.05) is 44.2 Å². The van der Waals surface area contributed by atoms with Gasteiger partial charge in [-0.05, 0) is 25.0 Å². The summed E-state index contributed by atoms with van der Waals surface area (Å²) >= 11 is 0. The minimum Gasteiger partial charge on any atom is -0.352 e. The molecule has 2 aliphatic rings. The Morgan fingerprint density at radius 2 is 1.66 bits per heavy atom. The van der Waals surface area contributed by atoms with E-state index in [1.54, 1.807) is 36.9 Å². The Labute approximate surface area is 170 Å². The van der Waals surface area contributed by atoms with E-state index in [1.165, 1.54) is 10.5 Å². The Kier molecular flexibility index (Phi) is 5.72. The highest BCUT2D eigenvalue weighted by Crippen LogP contribution is 2.25. The van der Waals surface area contributed by atoms with Crippen LogP contribution in [-0.4, -0.2) is 77.8 Å². The lowest BCUT2D eigenvalue weighted by molar-refractivity contribution is -0.137. The molecule has 0 spiro atoms. The predicted molar refractivity (Wildman–Crippen MR) is 107 cm³/mol. The summed E-state index contributed by atoms with van der Waals surface area (Å²) in [4.78, 5) is 29.4. The molecule has 4 heterocycles. The molecule has 4 rings (SSSR count). The van der Waals surface area contributed by atoms with Crippen molar-refractivity contribution in [3.63, 3.8) is 0 Å². The molecule has 2 aromatic heterocycles. The molecule has 10 heteroatoms. The molecule has 0 radical (unpaired) electrons. The monoisotopic (exact) mass is 416 g/mol. The van der Waals surface area contributed by atoms with E-state index in [-0.39, 0.29) is 16.7 Å². The molecule has 154 valence electrons. The van der Waals surface area contributed by atoms with Crippen molar-refractivity contribution < 1.29 is 13.2 Å². The molecule has 2 fully saturated rings. The SMILES string of the molecule is O=C(C1CCN(S(=O)(=O)c2cccnc2)CC1)N1CCN(c2cnccn2)CC1. The summed E-state index contributed by atoms with van der Waals surface area (Å²) in [6, 6.07) is 3.17. The van der Waals surface area contributed by atoms with E-state index in [4.69, 9.17) is 0 Å². The van der Waals surface area contributed by atoms with Crippen LogP contribution in [0.4, 0.5) is 5.82 Å². The van der Waals surface area contributed by atoms with Gasteiger partial charge in [-0.3, -0.25) is 14.8 Å². The van der Waals surface area contributed by atoms with E-state index >= 15 is 0 Å². The number of carbonyl (C=O) groups excluding carboxylic acids is 1. The van der Waals surface area contributed by atoms with Crippen molar-refractivity contribution in [1.29, 1.82) is 0 Å². The summed E-state index contributed by atoms with van der Waals surface area (Å²) in [7, 11) is -3.55. The number of carbonyl (C=O) groups is 1. The lowest BCUT2D eigenvalue weighted by Crippen LogP contribution is -2.52. The lowest BCUT2D eigenvalue weighted by Gasteiger charge is -2.38. The van der Waals surface area contributed by atoms with Crippen molar-refractivity contribution in [2.45, 2.75) is 17.7 Å². The van der Waals surface area contributed by atoms with Gasteiger partial charge in [0.05, 0.1) is 6.20 Å². The van der Waals surface area contributed by atoms with Gasteiger partial charge >= 0.3 is 0 Å². The van der Waals surface area contributed by atoms with Gasteiger partial charge in [-0.25, -0.2) is 13.4 Å². The number of piperazine rings is 1.